The molecule has 0 N–H and O–H groups in total. The van der Waals surface area contributed by atoms with Crippen LogP contribution in [0.3, 0.4) is 0 Å². The van der Waals surface area contributed by atoms with Crippen molar-refractivity contribution < 1.29 is 0 Å². The van der Waals surface area contributed by atoms with Crippen LogP contribution in [0.1, 0.15) is 62.9 Å². The Labute approximate surface area is 136 Å². The molecular weight excluding hydrogens is 292 g/mol. The van der Waals surface area contributed by atoms with E-state index in [1.807, 2.05) is 4.68 Å². The zero-order valence-corrected chi connectivity index (χ0v) is 14.4. The van der Waals surface area contributed by atoms with Crippen molar-refractivity contribution in [3.63, 3.8) is 0 Å². The predicted octanol–water partition coefficient (Wildman–Crippen LogP) is 4.27. The molecule has 1 aliphatic rings. The first-order valence-corrected chi connectivity index (χ1v) is 8.85. The Morgan fingerprint density at radius 2 is 1.86 bits per heavy atom. The minimum Gasteiger partial charge on any atom is -0.191 e. The lowest BCUT2D eigenvalue weighted by Crippen LogP contribution is -2.15. The molecular formula is C17H22N4S. The second kappa shape index (κ2) is 6.24. The van der Waals surface area contributed by atoms with Crippen molar-refractivity contribution in [1.82, 2.24) is 14.9 Å². The molecule has 1 aromatic heterocycles. The summed E-state index contributed by atoms with van der Waals surface area (Å²) in [4.78, 5) is 0. The van der Waals surface area contributed by atoms with Crippen molar-refractivity contribution in [2.24, 2.45) is 5.10 Å². The minimum absolute atomic E-state index is 0.317. The monoisotopic (exact) mass is 314 g/mol. The molecule has 2 heterocycles. The van der Waals surface area contributed by atoms with Crippen LogP contribution in [-0.4, -0.2) is 26.3 Å². The first-order valence-electron chi connectivity index (χ1n) is 7.86. The van der Waals surface area contributed by atoms with Crippen LogP contribution in [0.25, 0.3) is 0 Å². The molecule has 0 spiro atoms. The quantitative estimate of drug-likeness (QED) is 0.846. The number of benzene rings is 1. The molecule has 0 amide bonds. The molecule has 0 fully saturated rings. The Hall–Kier alpha value is -1.62. The fourth-order valence-electron chi connectivity index (χ4n) is 2.48. The smallest absolute Gasteiger partial charge is 0.191 e. The molecule has 1 aliphatic heterocycles. The van der Waals surface area contributed by atoms with Gasteiger partial charge in [0.1, 0.15) is 0 Å². The Kier molecular flexibility index (Phi) is 4.34. The van der Waals surface area contributed by atoms with E-state index in [9.17, 15) is 0 Å². The van der Waals surface area contributed by atoms with Crippen molar-refractivity contribution in [1.29, 1.82) is 0 Å². The van der Waals surface area contributed by atoms with E-state index < -0.39 is 0 Å². The van der Waals surface area contributed by atoms with Crippen LogP contribution in [-0.2, 0) is 0 Å². The van der Waals surface area contributed by atoms with Gasteiger partial charge in [0.2, 0.25) is 5.16 Å². The highest BCUT2D eigenvalue weighted by Crippen LogP contribution is 2.27. The molecule has 3 rings (SSSR count). The van der Waals surface area contributed by atoms with E-state index in [1.165, 1.54) is 11.1 Å². The van der Waals surface area contributed by atoms with E-state index in [1.54, 1.807) is 11.8 Å². The zero-order chi connectivity index (χ0) is 15.7. The van der Waals surface area contributed by atoms with Crippen LogP contribution in [0, 0.1) is 0 Å². The maximum Gasteiger partial charge on any atom is 0.212 e. The van der Waals surface area contributed by atoms with Gasteiger partial charge >= 0.3 is 0 Å². The molecule has 4 nitrogen and oxygen atoms in total. The van der Waals surface area contributed by atoms with Gasteiger partial charge in [0.25, 0.3) is 0 Å². The summed E-state index contributed by atoms with van der Waals surface area (Å²) in [6.45, 7) is 8.72. The maximum atomic E-state index is 4.78. The SMILES string of the molecule is CC[C@@H](C)c1ccc(C2=Nn3c(nnc3C(C)C)SC2)cc1. The Morgan fingerprint density at radius 1 is 1.14 bits per heavy atom. The van der Waals surface area contributed by atoms with E-state index in [-0.39, 0.29) is 0 Å². The van der Waals surface area contributed by atoms with Crippen molar-refractivity contribution in [3.8, 4) is 0 Å². The average molecular weight is 314 g/mol. The molecule has 0 radical (unpaired) electrons. The van der Waals surface area contributed by atoms with Gasteiger partial charge in [-0.2, -0.15) is 9.78 Å². The predicted molar refractivity (Wildman–Crippen MR) is 91.9 cm³/mol. The molecule has 0 saturated carbocycles. The summed E-state index contributed by atoms with van der Waals surface area (Å²) in [6, 6.07) is 8.82. The van der Waals surface area contributed by atoms with E-state index in [0.717, 1.165) is 28.9 Å². The molecule has 5 heteroatoms. The van der Waals surface area contributed by atoms with E-state index in [2.05, 4.69) is 62.2 Å². The van der Waals surface area contributed by atoms with Crippen LogP contribution in [0.5, 0.6) is 0 Å². The van der Waals surface area contributed by atoms with Gasteiger partial charge in [-0.3, -0.25) is 0 Å². The molecule has 1 aromatic carbocycles. The number of thioether (sulfide) groups is 1. The van der Waals surface area contributed by atoms with Crippen LogP contribution in [0.4, 0.5) is 0 Å². The van der Waals surface area contributed by atoms with Gasteiger partial charge in [0.15, 0.2) is 5.82 Å². The normalized spacial score (nSPS) is 15.6. The van der Waals surface area contributed by atoms with E-state index in [0.29, 0.717) is 11.8 Å². The molecule has 1 atom stereocenters. The van der Waals surface area contributed by atoms with Gasteiger partial charge in [-0.15, -0.1) is 10.2 Å². The second-order valence-corrected chi connectivity index (χ2v) is 7.02. The van der Waals surface area contributed by atoms with Gasteiger partial charge in [-0.25, -0.2) is 0 Å². The first-order chi connectivity index (χ1) is 10.6. The van der Waals surface area contributed by atoms with E-state index >= 15 is 0 Å². The van der Waals surface area contributed by atoms with Crippen molar-refractivity contribution in [3.05, 3.63) is 41.2 Å². The summed E-state index contributed by atoms with van der Waals surface area (Å²) in [5, 5.41) is 14.2. The lowest BCUT2D eigenvalue weighted by atomic mass is 9.97. The third-order valence-corrected chi connectivity index (χ3v) is 5.07. The third-order valence-electron chi connectivity index (χ3n) is 4.14. The summed E-state index contributed by atoms with van der Waals surface area (Å²) >= 11 is 1.70. The average Bonchev–Trinajstić information content (AvgIpc) is 2.97. The fraction of sp³-hybridized carbons (Fsp3) is 0.471. The summed E-state index contributed by atoms with van der Waals surface area (Å²) in [5.41, 5.74) is 3.67. The first kappa shape index (κ1) is 15.3. The number of nitrogens with zero attached hydrogens (tertiary/aromatic N) is 4. The number of aromatic nitrogens is 3. The van der Waals surface area contributed by atoms with Crippen molar-refractivity contribution in [2.45, 2.75) is 51.1 Å². The van der Waals surface area contributed by atoms with Crippen LogP contribution in [0.2, 0.25) is 0 Å². The molecule has 0 bridgehead atoms. The molecule has 116 valence electrons. The minimum atomic E-state index is 0.317. The molecule has 0 unspecified atom stereocenters. The summed E-state index contributed by atoms with van der Waals surface area (Å²) in [7, 11) is 0. The van der Waals surface area contributed by atoms with Gasteiger partial charge < -0.3 is 0 Å². The highest BCUT2D eigenvalue weighted by molar-refractivity contribution is 7.99. The highest BCUT2D eigenvalue weighted by Gasteiger charge is 2.21. The van der Waals surface area contributed by atoms with E-state index in [4.69, 9.17) is 5.10 Å². The van der Waals surface area contributed by atoms with Gasteiger partial charge in [-0.1, -0.05) is 63.7 Å². The zero-order valence-electron chi connectivity index (χ0n) is 13.6. The summed E-state index contributed by atoms with van der Waals surface area (Å²) in [6.07, 6.45) is 1.16. The molecule has 0 saturated heterocycles. The Morgan fingerprint density at radius 3 is 2.50 bits per heavy atom. The molecule has 0 aliphatic carbocycles. The topological polar surface area (TPSA) is 43.1 Å². The summed E-state index contributed by atoms with van der Waals surface area (Å²) in [5.74, 6) is 2.70. The van der Waals surface area contributed by atoms with Gasteiger partial charge in [-0.05, 0) is 23.5 Å². The number of fused-ring (bicyclic) bond motifs is 1. The van der Waals surface area contributed by atoms with Crippen molar-refractivity contribution in [2.75, 3.05) is 5.75 Å². The van der Waals surface area contributed by atoms with Crippen molar-refractivity contribution >= 4 is 17.5 Å². The number of rotatable bonds is 4. The lowest BCUT2D eigenvalue weighted by molar-refractivity contribution is 0.662. The highest BCUT2D eigenvalue weighted by atomic mass is 32.2. The fourth-order valence-corrected chi connectivity index (χ4v) is 3.33. The lowest BCUT2D eigenvalue weighted by Gasteiger charge is -2.15. The van der Waals surface area contributed by atoms with Crippen LogP contribution < -0.4 is 0 Å². The van der Waals surface area contributed by atoms with Crippen LogP contribution >= 0.6 is 11.8 Å². The molecule has 2 aromatic rings. The molecule has 22 heavy (non-hydrogen) atoms. The maximum absolute atomic E-state index is 4.78. The Bertz CT molecular complexity index is 685. The third kappa shape index (κ3) is 2.82. The van der Waals surface area contributed by atoms with Gasteiger partial charge in [0.05, 0.1) is 5.71 Å². The van der Waals surface area contributed by atoms with Gasteiger partial charge in [0, 0.05) is 11.7 Å². The number of hydrogen-bond donors (Lipinski definition) is 0. The second-order valence-electron chi connectivity index (χ2n) is 6.07. The largest absolute Gasteiger partial charge is 0.212 e. The number of hydrogen-bond acceptors (Lipinski definition) is 4. The summed E-state index contributed by atoms with van der Waals surface area (Å²) < 4.78 is 1.90. The van der Waals surface area contributed by atoms with Crippen LogP contribution in [0.15, 0.2) is 34.5 Å². The standard InChI is InChI=1S/C17H22N4S/c1-5-12(4)13-6-8-14(9-7-13)15-10-22-17-19-18-16(11(2)3)21(17)20-15/h6-9,11-12H,5,10H2,1-4H3/t12-/m1/s1. The Balaban J connectivity index is 1.92.